The molecule has 0 fully saturated rings. The lowest BCUT2D eigenvalue weighted by molar-refractivity contribution is -0.384. The summed E-state index contributed by atoms with van der Waals surface area (Å²) < 4.78 is 5.15. The lowest BCUT2D eigenvalue weighted by Crippen LogP contribution is -2.38. The van der Waals surface area contributed by atoms with Gasteiger partial charge in [-0.05, 0) is 30.2 Å². The number of aryl methyl sites for hydroxylation is 1. The van der Waals surface area contributed by atoms with Crippen LogP contribution in [0.4, 0.5) is 11.4 Å². The van der Waals surface area contributed by atoms with E-state index in [0.717, 1.165) is 0 Å². The number of hydrogen-bond donors (Lipinski definition) is 1. The van der Waals surface area contributed by atoms with Gasteiger partial charge in [0.05, 0.1) is 10.5 Å². The predicted octanol–water partition coefficient (Wildman–Crippen LogP) is 2.62. The average Bonchev–Trinajstić information content (AvgIpc) is 2.56. The van der Waals surface area contributed by atoms with E-state index in [-0.39, 0.29) is 17.8 Å². The minimum Gasteiger partial charge on any atom is -0.448 e. The summed E-state index contributed by atoms with van der Waals surface area (Å²) in [4.78, 5) is 34.9. The number of carbonyl (C=O) groups is 2. The quantitative estimate of drug-likeness (QED) is 0.531. The molecule has 7 nitrogen and oxygen atoms in total. The molecule has 1 aliphatic heterocycles. The second kappa shape index (κ2) is 6.11. The monoisotopic (exact) mass is 326 g/mol. The maximum Gasteiger partial charge on any atom is 0.339 e. The molecule has 1 atom stereocenters. The van der Waals surface area contributed by atoms with Gasteiger partial charge in [-0.1, -0.05) is 24.3 Å². The molecule has 1 heterocycles. The highest BCUT2D eigenvalue weighted by molar-refractivity contribution is 6.01. The molecular formula is C17H14N2O5. The van der Waals surface area contributed by atoms with Crippen molar-refractivity contribution >= 4 is 23.3 Å². The third-order valence-corrected chi connectivity index (χ3v) is 3.79. The molecule has 0 aliphatic carbocycles. The van der Waals surface area contributed by atoms with Crippen LogP contribution >= 0.6 is 0 Å². The normalized spacial score (nSPS) is 16.0. The second-order valence-electron chi connectivity index (χ2n) is 5.52. The van der Waals surface area contributed by atoms with E-state index in [1.165, 1.54) is 12.1 Å². The van der Waals surface area contributed by atoms with Gasteiger partial charge in [-0.2, -0.15) is 0 Å². The van der Waals surface area contributed by atoms with E-state index < -0.39 is 22.9 Å². The molecule has 2 aromatic rings. The van der Waals surface area contributed by atoms with Crippen LogP contribution in [-0.4, -0.2) is 22.9 Å². The van der Waals surface area contributed by atoms with Crippen molar-refractivity contribution in [3.05, 3.63) is 69.3 Å². The summed E-state index contributed by atoms with van der Waals surface area (Å²) in [6, 6.07) is 11.4. The van der Waals surface area contributed by atoms with Crippen molar-refractivity contribution in [3.63, 3.8) is 0 Å². The molecule has 0 unspecified atom stereocenters. The number of esters is 1. The fraction of sp³-hybridized carbons (Fsp3) is 0.176. The molecular weight excluding hydrogens is 312 g/mol. The van der Waals surface area contributed by atoms with E-state index in [0.29, 0.717) is 16.7 Å². The number of nitro groups is 1. The summed E-state index contributed by atoms with van der Waals surface area (Å²) in [7, 11) is 0. The molecule has 122 valence electrons. The second-order valence-corrected chi connectivity index (χ2v) is 5.52. The van der Waals surface area contributed by atoms with Gasteiger partial charge in [0.15, 0.2) is 6.10 Å². The van der Waals surface area contributed by atoms with Gasteiger partial charge >= 0.3 is 5.97 Å². The van der Waals surface area contributed by atoms with Gasteiger partial charge in [0, 0.05) is 12.5 Å². The molecule has 3 rings (SSSR count). The third kappa shape index (κ3) is 2.96. The van der Waals surface area contributed by atoms with E-state index in [1.54, 1.807) is 37.3 Å². The number of fused-ring (bicyclic) bond motifs is 1. The number of amides is 1. The van der Waals surface area contributed by atoms with Crippen molar-refractivity contribution in [2.75, 3.05) is 5.32 Å². The van der Waals surface area contributed by atoms with Gasteiger partial charge in [0.25, 0.3) is 11.6 Å². The summed E-state index contributed by atoms with van der Waals surface area (Å²) in [5.74, 6) is -1.17. The Kier molecular flexibility index (Phi) is 3.99. The van der Waals surface area contributed by atoms with Gasteiger partial charge in [0.1, 0.15) is 5.69 Å². The van der Waals surface area contributed by atoms with Crippen molar-refractivity contribution in [3.8, 4) is 0 Å². The topological polar surface area (TPSA) is 98.5 Å². The maximum absolute atomic E-state index is 12.4. The molecule has 2 aromatic carbocycles. The molecule has 0 aromatic heterocycles. The zero-order valence-corrected chi connectivity index (χ0v) is 12.8. The van der Waals surface area contributed by atoms with Gasteiger partial charge in [-0.15, -0.1) is 0 Å². The highest BCUT2D eigenvalue weighted by Crippen LogP contribution is 2.27. The van der Waals surface area contributed by atoms with Crippen molar-refractivity contribution in [1.82, 2.24) is 0 Å². The molecule has 0 bridgehead atoms. The smallest absolute Gasteiger partial charge is 0.339 e. The van der Waals surface area contributed by atoms with Crippen molar-refractivity contribution in [2.24, 2.45) is 0 Å². The first-order valence-corrected chi connectivity index (χ1v) is 7.30. The Labute approximate surface area is 137 Å². The number of nitro benzene ring substituents is 1. The molecule has 7 heteroatoms. The number of benzene rings is 2. The summed E-state index contributed by atoms with van der Waals surface area (Å²) in [6.07, 6.45) is -0.791. The number of cyclic esters (lactones) is 1. The van der Waals surface area contributed by atoms with Crippen molar-refractivity contribution in [2.45, 2.75) is 19.4 Å². The molecule has 1 N–H and O–H groups in total. The Morgan fingerprint density at radius 1 is 1.29 bits per heavy atom. The van der Waals surface area contributed by atoms with Gasteiger partial charge in [0.2, 0.25) is 0 Å². The Morgan fingerprint density at radius 3 is 2.79 bits per heavy atom. The fourth-order valence-corrected chi connectivity index (χ4v) is 2.59. The van der Waals surface area contributed by atoms with E-state index in [2.05, 4.69) is 5.32 Å². The van der Waals surface area contributed by atoms with Crippen LogP contribution in [0.1, 0.15) is 21.5 Å². The van der Waals surface area contributed by atoms with E-state index in [4.69, 9.17) is 4.74 Å². The Hall–Kier alpha value is -3.22. The summed E-state index contributed by atoms with van der Waals surface area (Å²) in [5.41, 5.74) is 1.73. The zero-order chi connectivity index (χ0) is 17.3. The average molecular weight is 326 g/mol. The third-order valence-electron chi connectivity index (χ3n) is 3.79. The lowest BCUT2D eigenvalue weighted by Gasteiger charge is -2.23. The highest BCUT2D eigenvalue weighted by atomic mass is 16.6. The first-order valence-electron chi connectivity index (χ1n) is 7.30. The maximum atomic E-state index is 12.4. The number of nitrogens with one attached hydrogen (secondary N) is 1. The van der Waals surface area contributed by atoms with Crippen LogP contribution in [0.5, 0.6) is 0 Å². The first kappa shape index (κ1) is 15.7. The first-order chi connectivity index (χ1) is 11.5. The predicted molar refractivity (Wildman–Crippen MR) is 85.8 cm³/mol. The number of nitrogens with zero attached hydrogens (tertiary/aromatic N) is 1. The Morgan fingerprint density at radius 2 is 2.04 bits per heavy atom. The lowest BCUT2D eigenvalue weighted by atomic mass is 9.98. The minimum atomic E-state index is -1.02. The Balaban J connectivity index is 1.82. The number of carbonyl (C=O) groups excluding carboxylic acids is 2. The van der Waals surface area contributed by atoms with Crippen molar-refractivity contribution < 1.29 is 19.2 Å². The largest absolute Gasteiger partial charge is 0.448 e. The molecule has 1 amide bonds. The Bertz CT molecular complexity index is 847. The van der Waals surface area contributed by atoms with Crippen LogP contribution < -0.4 is 5.32 Å². The van der Waals surface area contributed by atoms with Gasteiger partial charge in [-0.3, -0.25) is 14.9 Å². The fourth-order valence-electron chi connectivity index (χ4n) is 2.59. The number of anilines is 1. The van der Waals surface area contributed by atoms with Crippen LogP contribution in [0.2, 0.25) is 0 Å². The van der Waals surface area contributed by atoms with Crippen LogP contribution in [0.15, 0.2) is 42.5 Å². The van der Waals surface area contributed by atoms with E-state index >= 15 is 0 Å². The highest BCUT2D eigenvalue weighted by Gasteiger charge is 2.32. The van der Waals surface area contributed by atoms with Crippen LogP contribution in [0, 0.1) is 17.0 Å². The number of ether oxygens (including phenoxy) is 1. The van der Waals surface area contributed by atoms with Crippen LogP contribution in [0.25, 0.3) is 0 Å². The standard InChI is InChI=1S/C17H14N2O5/c1-10-6-7-13(14(8-10)19(22)23)18-16(20)15-9-11-4-2-3-5-12(11)17(21)24-15/h2-8,15H,9H2,1H3,(H,18,20)/t15-/m0/s1. The van der Waals surface area contributed by atoms with E-state index in [9.17, 15) is 19.7 Å². The van der Waals surface area contributed by atoms with Crippen LogP contribution in [-0.2, 0) is 16.0 Å². The summed E-state index contributed by atoms with van der Waals surface area (Å²) in [6.45, 7) is 1.72. The summed E-state index contributed by atoms with van der Waals surface area (Å²) in [5, 5.41) is 13.6. The minimum absolute atomic E-state index is 0.0745. The van der Waals surface area contributed by atoms with E-state index in [1.807, 2.05) is 0 Å². The zero-order valence-electron chi connectivity index (χ0n) is 12.8. The van der Waals surface area contributed by atoms with Gasteiger partial charge < -0.3 is 10.1 Å². The SMILES string of the molecule is Cc1ccc(NC(=O)[C@@H]2Cc3ccccc3C(=O)O2)c([N+](=O)[O-])c1. The number of rotatable bonds is 3. The molecule has 0 saturated heterocycles. The van der Waals surface area contributed by atoms with Gasteiger partial charge in [-0.25, -0.2) is 4.79 Å². The molecule has 24 heavy (non-hydrogen) atoms. The number of hydrogen-bond acceptors (Lipinski definition) is 5. The molecule has 0 radical (unpaired) electrons. The summed E-state index contributed by atoms with van der Waals surface area (Å²) >= 11 is 0. The molecule has 0 saturated carbocycles. The molecule has 0 spiro atoms. The van der Waals surface area contributed by atoms with Crippen molar-refractivity contribution in [1.29, 1.82) is 0 Å². The van der Waals surface area contributed by atoms with Crippen LogP contribution in [0.3, 0.4) is 0 Å². The molecule has 1 aliphatic rings.